The summed E-state index contributed by atoms with van der Waals surface area (Å²) in [5.41, 5.74) is 16.8. The van der Waals surface area contributed by atoms with Crippen molar-refractivity contribution in [2.75, 3.05) is 13.2 Å². The van der Waals surface area contributed by atoms with E-state index in [-0.39, 0.29) is 41.0 Å². The van der Waals surface area contributed by atoms with Crippen molar-refractivity contribution in [3.63, 3.8) is 0 Å². The number of nitrogens with two attached hydrogens (primary N) is 3. The zero-order chi connectivity index (χ0) is 88.7. The Morgan fingerprint density at radius 2 is 1.15 bits per heavy atom. The van der Waals surface area contributed by atoms with Crippen LogP contribution in [0.1, 0.15) is 102 Å². The number of fused-ring (bicyclic) bond motifs is 15. The predicted molar refractivity (Wildman–Crippen MR) is 423 cm³/mol. The van der Waals surface area contributed by atoms with Crippen LogP contribution in [0.25, 0.3) is 11.1 Å². The van der Waals surface area contributed by atoms with Crippen LogP contribution in [-0.4, -0.2) is 255 Å². The van der Waals surface area contributed by atoms with Crippen molar-refractivity contribution in [3.05, 3.63) is 183 Å². The lowest BCUT2D eigenvalue weighted by Gasteiger charge is -2.44. The molecule has 16 rings (SSSR count). The predicted octanol–water partition coefficient (Wildman–Crippen LogP) is -1.48. The van der Waals surface area contributed by atoms with Crippen LogP contribution in [0.3, 0.4) is 0 Å². The third kappa shape index (κ3) is 18.8. The molecule has 9 heterocycles. The molecule has 41 heteroatoms. The summed E-state index contributed by atoms with van der Waals surface area (Å²) in [5.74, 6) is -14.8. The summed E-state index contributed by atoms with van der Waals surface area (Å²) < 4.78 is 63.8. The van der Waals surface area contributed by atoms with Crippen molar-refractivity contribution in [2.45, 2.75) is 198 Å². The summed E-state index contributed by atoms with van der Waals surface area (Å²) in [6, 6.07) is 11.6. The molecule has 27 atom stereocenters. The SMILES string of the molecule is CC1O[C@@H](OC2[C@H](Oc3c4cc5cc3Oc3ccc(cc3Cl)[C@@H](O[C@H]3C[C@@H](N)[C@@H](O)C(C)O3)[C@@H]3NC(=O)C(NC(=O)[C@@H]5NC(=O)C(Cc5ccccc5)NC(=O)[C@H](NC(=O)[C@H](N)c5ccc(O)cc5)[C@H](O)c5ccc(cc5)O4)c4ccc(O)c(c4)-c4c(O[C@H]5OC(CO)[C@@H](O)[C@@H](O)C5O)cc(O)cc4C(C(=O)O)NC3=O)OC(CO)[C@@H](O)[C@@H]2O)C[C@@H](N)[C@H]1O. The summed E-state index contributed by atoms with van der Waals surface area (Å²) in [6.45, 7) is 0.952. The molecule has 7 aromatic rings. The lowest BCUT2D eigenvalue weighted by molar-refractivity contribution is -0.330. The van der Waals surface area contributed by atoms with Gasteiger partial charge in [0.2, 0.25) is 53.8 Å². The number of amides is 6. The highest BCUT2D eigenvalue weighted by Crippen LogP contribution is 2.50. The van der Waals surface area contributed by atoms with E-state index in [4.69, 9.17) is 76.2 Å². The summed E-state index contributed by atoms with van der Waals surface area (Å²) in [6.07, 6.45) is -32.4. The monoisotopic (exact) mass is 1750 g/mol. The molecule has 0 saturated carbocycles. The number of phenolic OH excluding ortho intramolecular Hbond substituents is 3. The number of benzene rings is 7. The van der Waals surface area contributed by atoms with E-state index in [0.29, 0.717) is 5.56 Å². The summed E-state index contributed by atoms with van der Waals surface area (Å²) in [7, 11) is 0. The number of carbonyl (C=O) groups is 7. The highest BCUT2D eigenvalue weighted by atomic mass is 35.5. The van der Waals surface area contributed by atoms with Crippen molar-refractivity contribution in [3.8, 4) is 62.9 Å². The van der Waals surface area contributed by atoms with Gasteiger partial charge in [-0.3, -0.25) is 28.8 Å². The molecule has 662 valence electrons. The lowest BCUT2D eigenvalue weighted by atomic mass is 9.89. The number of hydrogen-bond acceptors (Lipinski definition) is 33. The molecule has 26 N–H and O–H groups in total. The van der Waals surface area contributed by atoms with Gasteiger partial charge in [-0.2, -0.15) is 0 Å². The van der Waals surface area contributed by atoms with E-state index in [9.17, 15) is 81.1 Å². The maximum absolute atomic E-state index is 16.8. The molecule has 9 aliphatic rings. The van der Waals surface area contributed by atoms with Crippen molar-refractivity contribution in [1.29, 1.82) is 0 Å². The van der Waals surface area contributed by atoms with Gasteiger partial charge in [0.05, 0.1) is 42.7 Å². The third-order valence-electron chi connectivity index (χ3n) is 22.5. The standard InChI is InChI=1S/C83H92ClN9O31/c1-31-64(99)45(85)27-55(115-31)122-72-37-13-19-49(44(84)22-37)118-52-24-38-23-51(73(52)124-83-74(70(105)68(103)54(30-95)121-83)123-56-28-46(86)65(100)32(2)116-56)117-41-16-10-35(11-17-41)66(101)62(92-76(108)58(87)34-8-14-39(96)15-9-34)79(111)88-47(20-33-6-4-3-5-7-33)75(107)89-60(38)78(110)90-59-36-12-18-48(98)42(21-36)57-43(61(81(113)114)91-80(112)63(72)93-77(59)109)25-40(97)26-50(57)119-82-71(106)69(104)67(102)53(29-94)120-82/h3-19,21-26,31-32,45-47,53-56,58-72,74,82-83,94-106H,20,27-30,85-87H2,1-2H3,(H,88,111)(H,89,107)(H,90,110)(H,91,112)(H,92,108)(H,93,109)(H,113,114)/t31?,32?,45-,46-,47?,53?,54?,55+,56+,58-,59?,60-,61?,62-,63+,64+,65+,66-,67-,68-,69-,70+,71?,72-,74?,82+,83+/m1/s1. The fraction of sp³-hybridized carbons (Fsp3) is 0.410. The molecule has 9 aliphatic heterocycles. The minimum absolute atomic E-state index is 0.0850. The molecule has 0 aromatic heterocycles. The van der Waals surface area contributed by atoms with Gasteiger partial charge in [0.15, 0.2) is 36.2 Å². The minimum Gasteiger partial charge on any atom is -0.508 e. The molecule has 124 heavy (non-hydrogen) atoms. The van der Waals surface area contributed by atoms with Crippen LogP contribution in [0.2, 0.25) is 5.02 Å². The van der Waals surface area contributed by atoms with E-state index in [2.05, 4.69) is 31.9 Å². The smallest absolute Gasteiger partial charge is 0.330 e. The topological polar surface area (TPSA) is 645 Å². The van der Waals surface area contributed by atoms with Crippen LogP contribution in [0.5, 0.6) is 51.7 Å². The van der Waals surface area contributed by atoms with Crippen LogP contribution in [0, 0.1) is 0 Å². The Morgan fingerprint density at radius 1 is 0.556 bits per heavy atom. The number of nitrogens with one attached hydrogen (secondary N) is 6. The van der Waals surface area contributed by atoms with E-state index in [0.717, 1.165) is 48.5 Å². The van der Waals surface area contributed by atoms with E-state index in [1.807, 2.05) is 0 Å². The molecule has 4 saturated heterocycles. The maximum Gasteiger partial charge on any atom is 0.330 e. The molecule has 0 aliphatic carbocycles. The normalized spacial score (nSPS) is 32.4. The van der Waals surface area contributed by atoms with Crippen molar-refractivity contribution < 1.29 is 152 Å². The Morgan fingerprint density at radius 3 is 1.79 bits per heavy atom. The van der Waals surface area contributed by atoms with E-state index in [1.54, 1.807) is 30.3 Å². The Kier molecular flexibility index (Phi) is 26.9. The van der Waals surface area contributed by atoms with Gasteiger partial charge in [0.25, 0.3) is 0 Å². The van der Waals surface area contributed by atoms with Crippen LogP contribution in [-0.2, 0) is 68.4 Å². The number of ether oxygens (including phenoxy) is 10. The largest absolute Gasteiger partial charge is 0.508 e. The summed E-state index contributed by atoms with van der Waals surface area (Å²) in [4.78, 5) is 109. The Labute approximate surface area is 709 Å². The molecule has 0 spiro atoms. The first kappa shape index (κ1) is 89.2. The van der Waals surface area contributed by atoms with Gasteiger partial charge in [-0.1, -0.05) is 78.3 Å². The summed E-state index contributed by atoms with van der Waals surface area (Å²) >= 11 is 7.42. The molecule has 40 nitrogen and oxygen atoms in total. The number of carboxylic acid groups (broad SMARTS) is 1. The number of rotatable bonds is 16. The fourth-order valence-corrected chi connectivity index (χ4v) is 15.9. The highest BCUT2D eigenvalue weighted by molar-refractivity contribution is 6.32. The Bertz CT molecular complexity index is 5080. The zero-order valence-electron chi connectivity index (χ0n) is 65.7. The quantitative estimate of drug-likeness (QED) is 0.0525. The van der Waals surface area contributed by atoms with Gasteiger partial charge in [-0.15, -0.1) is 0 Å². The third-order valence-corrected chi connectivity index (χ3v) is 22.8. The molecule has 4 fully saturated rings. The Balaban J connectivity index is 1.01. The minimum atomic E-state index is -2.44. The van der Waals surface area contributed by atoms with E-state index >= 15 is 24.0 Å². The maximum atomic E-state index is 16.8. The number of phenols is 3. The molecule has 6 amide bonds. The van der Waals surface area contributed by atoms with Gasteiger partial charge in [0.1, 0.15) is 126 Å². The van der Waals surface area contributed by atoms with Gasteiger partial charge in [-0.25, -0.2) is 4.79 Å². The van der Waals surface area contributed by atoms with Crippen LogP contribution in [0.15, 0.2) is 140 Å². The zero-order valence-corrected chi connectivity index (χ0v) is 66.5. The number of hydrogen-bond donors (Lipinski definition) is 23. The second kappa shape index (κ2) is 37.4. The van der Waals surface area contributed by atoms with Gasteiger partial charge in [0, 0.05) is 54.1 Å². The fourth-order valence-electron chi connectivity index (χ4n) is 15.7. The first-order valence-electron chi connectivity index (χ1n) is 39.3. The lowest BCUT2D eigenvalue weighted by Crippen LogP contribution is -2.62. The Hall–Kier alpha value is -11.0. The van der Waals surface area contributed by atoms with Gasteiger partial charge in [-0.05, 0) is 114 Å². The van der Waals surface area contributed by atoms with Crippen molar-refractivity contribution in [1.82, 2.24) is 31.9 Å². The number of carbonyl (C=O) groups excluding carboxylic acids is 6. The van der Waals surface area contributed by atoms with Crippen LogP contribution >= 0.6 is 11.6 Å². The second-order valence-corrected chi connectivity index (χ2v) is 31.4. The molecule has 9 unspecified atom stereocenters. The average Bonchev–Trinajstić information content (AvgIpc) is 0.756. The first-order valence-corrected chi connectivity index (χ1v) is 39.7. The highest BCUT2D eigenvalue weighted by Gasteiger charge is 2.52. The van der Waals surface area contributed by atoms with Gasteiger partial charge >= 0.3 is 5.97 Å². The molecular formula is C83H92ClN9O31. The van der Waals surface area contributed by atoms with Crippen molar-refractivity contribution >= 4 is 53.0 Å². The van der Waals surface area contributed by atoms with Crippen LogP contribution in [0.4, 0.5) is 0 Å². The van der Waals surface area contributed by atoms with Gasteiger partial charge < -0.3 is 168 Å². The summed E-state index contributed by atoms with van der Waals surface area (Å²) in [5, 5.41) is 173. The first-order chi connectivity index (χ1) is 59.1. The molecular weight excluding hydrogens is 1650 g/mol. The average molecular weight is 1750 g/mol. The van der Waals surface area contributed by atoms with Crippen molar-refractivity contribution in [2.24, 2.45) is 17.2 Å². The number of carboxylic acids is 1. The number of aliphatic hydroxyl groups excluding tert-OH is 10. The molecule has 0 radical (unpaired) electrons. The van der Waals surface area contributed by atoms with Crippen LogP contribution < -0.4 is 68.0 Å². The second-order valence-electron chi connectivity index (χ2n) is 31.0. The number of aliphatic carboxylic acids is 1. The van der Waals surface area contributed by atoms with E-state index < -0.39 is 299 Å². The van der Waals surface area contributed by atoms with E-state index in [1.165, 1.54) is 74.5 Å². The number of aromatic hydroxyl groups is 3. The molecule has 7 aromatic carbocycles. The number of halogens is 1. The molecule has 11 bridgehead atoms. The number of aliphatic hydroxyl groups is 10.